The number of amides is 2. The molecule has 1 fully saturated rings. The van der Waals surface area contributed by atoms with Gasteiger partial charge in [0.2, 0.25) is 5.91 Å². The van der Waals surface area contributed by atoms with E-state index in [1.54, 1.807) is 42.2 Å². The van der Waals surface area contributed by atoms with E-state index in [4.69, 9.17) is 4.74 Å². The van der Waals surface area contributed by atoms with Gasteiger partial charge in [-0.3, -0.25) is 9.59 Å². The number of hydrogen-bond acceptors (Lipinski definition) is 7. The second kappa shape index (κ2) is 11.1. The zero-order valence-corrected chi connectivity index (χ0v) is 19.2. The Balaban J connectivity index is 1.67. The number of nitrogens with one attached hydrogen (secondary N) is 2. The maximum atomic E-state index is 12.9. The SMILES string of the molecule is CCOC(=O)c1cc(CC)sc1NC(=O)CNc1ccccc1C(=O)N1CCC[C@H](O)C1. The number of rotatable bonds is 8. The van der Waals surface area contributed by atoms with Gasteiger partial charge in [-0.1, -0.05) is 19.1 Å². The van der Waals surface area contributed by atoms with Gasteiger partial charge in [-0.05, 0) is 44.4 Å². The number of β-amino-alcohol motifs (C(OH)–C–C–N with tert-alkyl or cyclic N) is 1. The number of thiophene rings is 1. The average molecular weight is 460 g/mol. The van der Waals surface area contributed by atoms with Crippen LogP contribution in [-0.2, 0) is 16.0 Å². The Labute approximate surface area is 191 Å². The molecule has 1 aliphatic rings. The van der Waals surface area contributed by atoms with Crippen LogP contribution in [0.15, 0.2) is 30.3 Å². The van der Waals surface area contributed by atoms with Gasteiger partial charge < -0.3 is 25.4 Å². The van der Waals surface area contributed by atoms with E-state index in [-0.39, 0.29) is 25.0 Å². The van der Waals surface area contributed by atoms with Gasteiger partial charge in [0.15, 0.2) is 0 Å². The summed E-state index contributed by atoms with van der Waals surface area (Å²) in [6, 6.07) is 8.74. The molecule has 0 radical (unpaired) electrons. The van der Waals surface area contributed by atoms with Crippen LogP contribution in [0.25, 0.3) is 0 Å². The fraction of sp³-hybridized carbons (Fsp3) is 0.435. The van der Waals surface area contributed by atoms with Gasteiger partial charge in [-0.25, -0.2) is 4.79 Å². The normalized spacial score (nSPS) is 15.8. The van der Waals surface area contributed by atoms with Crippen molar-refractivity contribution >= 4 is 39.8 Å². The highest BCUT2D eigenvalue weighted by Crippen LogP contribution is 2.29. The summed E-state index contributed by atoms with van der Waals surface area (Å²) in [6.07, 6.45) is 1.69. The minimum atomic E-state index is -0.508. The predicted octanol–water partition coefficient (Wildman–Crippen LogP) is 3.13. The number of anilines is 2. The number of esters is 1. The van der Waals surface area contributed by atoms with Crippen LogP contribution in [0.4, 0.5) is 10.7 Å². The van der Waals surface area contributed by atoms with Crippen molar-refractivity contribution < 1.29 is 24.2 Å². The number of carbonyl (C=O) groups excluding carboxylic acids is 3. The summed E-state index contributed by atoms with van der Waals surface area (Å²) in [7, 11) is 0. The van der Waals surface area contributed by atoms with E-state index in [1.807, 2.05) is 6.92 Å². The molecule has 1 aliphatic heterocycles. The maximum absolute atomic E-state index is 12.9. The summed E-state index contributed by atoms with van der Waals surface area (Å²) in [5.41, 5.74) is 1.34. The molecule has 1 saturated heterocycles. The third-order valence-electron chi connectivity index (χ3n) is 5.16. The molecule has 0 unspecified atom stereocenters. The number of carbonyl (C=O) groups is 3. The Hall–Kier alpha value is -2.91. The highest BCUT2D eigenvalue weighted by Gasteiger charge is 2.25. The largest absolute Gasteiger partial charge is 0.462 e. The van der Waals surface area contributed by atoms with Crippen molar-refractivity contribution in [1.82, 2.24) is 4.90 Å². The molecule has 1 aromatic carbocycles. The van der Waals surface area contributed by atoms with Crippen molar-refractivity contribution in [3.8, 4) is 0 Å². The van der Waals surface area contributed by atoms with E-state index in [2.05, 4.69) is 10.6 Å². The summed E-state index contributed by atoms with van der Waals surface area (Å²) in [6.45, 7) is 4.79. The maximum Gasteiger partial charge on any atom is 0.341 e. The molecule has 3 rings (SSSR count). The van der Waals surface area contributed by atoms with E-state index in [1.165, 1.54) is 11.3 Å². The van der Waals surface area contributed by atoms with Gasteiger partial charge in [0, 0.05) is 23.7 Å². The molecule has 172 valence electrons. The molecule has 0 aliphatic carbocycles. The van der Waals surface area contributed by atoms with E-state index < -0.39 is 12.1 Å². The van der Waals surface area contributed by atoms with Crippen LogP contribution in [-0.4, -0.2) is 60.1 Å². The highest BCUT2D eigenvalue weighted by atomic mass is 32.1. The lowest BCUT2D eigenvalue weighted by molar-refractivity contribution is -0.114. The van der Waals surface area contributed by atoms with Crippen LogP contribution in [0.3, 0.4) is 0 Å². The number of ether oxygens (including phenoxy) is 1. The van der Waals surface area contributed by atoms with Crippen molar-refractivity contribution in [1.29, 1.82) is 0 Å². The van der Waals surface area contributed by atoms with E-state index >= 15 is 0 Å². The molecule has 2 heterocycles. The van der Waals surface area contributed by atoms with Crippen LogP contribution in [0.5, 0.6) is 0 Å². The van der Waals surface area contributed by atoms with Gasteiger partial charge in [0.05, 0.1) is 30.4 Å². The van der Waals surface area contributed by atoms with Crippen molar-refractivity contribution in [2.45, 2.75) is 39.2 Å². The molecule has 2 aromatic rings. The van der Waals surface area contributed by atoms with Crippen molar-refractivity contribution in [3.63, 3.8) is 0 Å². The number of nitrogens with zero attached hydrogens (tertiary/aromatic N) is 1. The second-order valence-corrected chi connectivity index (χ2v) is 8.66. The van der Waals surface area contributed by atoms with Crippen molar-refractivity contribution in [3.05, 3.63) is 46.3 Å². The zero-order chi connectivity index (χ0) is 23.1. The fourth-order valence-electron chi connectivity index (χ4n) is 3.55. The number of aliphatic hydroxyl groups excluding tert-OH is 1. The third kappa shape index (κ3) is 5.86. The number of benzene rings is 1. The fourth-order valence-corrected chi connectivity index (χ4v) is 4.55. The van der Waals surface area contributed by atoms with Crippen LogP contribution >= 0.6 is 11.3 Å². The molecule has 0 spiro atoms. The van der Waals surface area contributed by atoms with Crippen LogP contribution < -0.4 is 10.6 Å². The van der Waals surface area contributed by atoms with Gasteiger partial charge in [0.1, 0.15) is 5.00 Å². The number of aryl methyl sites for hydroxylation is 1. The van der Waals surface area contributed by atoms with Gasteiger partial charge >= 0.3 is 5.97 Å². The summed E-state index contributed by atoms with van der Waals surface area (Å²) < 4.78 is 5.09. The number of likely N-dealkylation sites (tertiary alicyclic amines) is 1. The topological polar surface area (TPSA) is 108 Å². The number of hydrogen-bond donors (Lipinski definition) is 3. The molecule has 3 N–H and O–H groups in total. The van der Waals surface area contributed by atoms with Crippen molar-refractivity contribution in [2.75, 3.05) is 36.9 Å². The summed E-state index contributed by atoms with van der Waals surface area (Å²) >= 11 is 1.35. The van der Waals surface area contributed by atoms with Gasteiger partial charge in [-0.15, -0.1) is 11.3 Å². The Bertz CT molecular complexity index is 974. The quantitative estimate of drug-likeness (QED) is 0.524. The smallest absolute Gasteiger partial charge is 0.341 e. The molecule has 32 heavy (non-hydrogen) atoms. The Morgan fingerprint density at radius 3 is 2.72 bits per heavy atom. The second-order valence-electron chi connectivity index (χ2n) is 7.52. The molecule has 1 aromatic heterocycles. The van der Waals surface area contributed by atoms with E-state index in [9.17, 15) is 19.5 Å². The summed E-state index contributed by atoms with van der Waals surface area (Å²) in [5.74, 6) is -0.982. The minimum absolute atomic E-state index is 0.0749. The zero-order valence-electron chi connectivity index (χ0n) is 18.3. The Morgan fingerprint density at radius 1 is 1.22 bits per heavy atom. The molecule has 2 amide bonds. The lowest BCUT2D eigenvalue weighted by atomic mass is 10.1. The minimum Gasteiger partial charge on any atom is -0.462 e. The van der Waals surface area contributed by atoms with Gasteiger partial charge in [0.25, 0.3) is 5.91 Å². The molecule has 0 saturated carbocycles. The van der Waals surface area contributed by atoms with Gasteiger partial charge in [-0.2, -0.15) is 0 Å². The molecular weight excluding hydrogens is 430 g/mol. The first-order valence-corrected chi connectivity index (χ1v) is 11.6. The monoisotopic (exact) mass is 459 g/mol. The lowest BCUT2D eigenvalue weighted by Crippen LogP contribution is -2.42. The first kappa shape index (κ1) is 23.7. The number of aliphatic hydroxyl groups is 1. The van der Waals surface area contributed by atoms with Crippen LogP contribution in [0.1, 0.15) is 52.3 Å². The third-order valence-corrected chi connectivity index (χ3v) is 6.36. The molecule has 9 heteroatoms. The number of para-hydroxylation sites is 1. The van der Waals surface area contributed by atoms with Crippen molar-refractivity contribution in [2.24, 2.45) is 0 Å². The Kier molecular flexibility index (Phi) is 8.24. The van der Waals surface area contributed by atoms with E-state index in [0.29, 0.717) is 41.3 Å². The summed E-state index contributed by atoms with van der Waals surface area (Å²) in [4.78, 5) is 40.3. The first-order chi connectivity index (χ1) is 15.4. The lowest BCUT2D eigenvalue weighted by Gasteiger charge is -2.30. The molecule has 1 atom stereocenters. The van der Waals surface area contributed by atoms with Crippen LogP contribution in [0, 0.1) is 0 Å². The predicted molar refractivity (Wildman–Crippen MR) is 124 cm³/mol. The van der Waals surface area contributed by atoms with Crippen LogP contribution in [0.2, 0.25) is 0 Å². The summed E-state index contributed by atoms with van der Waals surface area (Å²) in [5, 5.41) is 16.1. The molecule has 8 nitrogen and oxygen atoms in total. The first-order valence-electron chi connectivity index (χ1n) is 10.8. The highest BCUT2D eigenvalue weighted by molar-refractivity contribution is 7.16. The van der Waals surface area contributed by atoms with E-state index in [0.717, 1.165) is 17.7 Å². The Morgan fingerprint density at radius 2 is 2.00 bits per heavy atom. The molecular formula is C23H29N3O5S. The average Bonchev–Trinajstić information content (AvgIpc) is 3.20. The standard InChI is InChI=1S/C23H29N3O5S/c1-3-16-12-18(23(30)31-4-2)21(32-16)25-20(28)13-24-19-10-6-5-9-17(19)22(29)26-11-7-8-15(27)14-26/h5-6,9-10,12,15,24,27H,3-4,7-8,11,13-14H2,1-2H3,(H,25,28)/t15-/m0/s1. The molecule has 0 bridgehead atoms. The number of piperidine rings is 1.